The van der Waals surface area contributed by atoms with Gasteiger partial charge in [0, 0.05) is 23.6 Å². The molecule has 5 heteroatoms. The molecule has 5 nitrogen and oxygen atoms in total. The number of rotatable bonds is 3. The SMILES string of the molecule is Cc1ccc2oc(=O)c(-c3ccc(O)cc3O)c(CCO)c2c1. The second-order valence-electron chi connectivity index (χ2n) is 5.42. The van der Waals surface area contributed by atoms with E-state index in [-0.39, 0.29) is 35.7 Å². The van der Waals surface area contributed by atoms with Gasteiger partial charge in [0.15, 0.2) is 0 Å². The van der Waals surface area contributed by atoms with Gasteiger partial charge in [-0.3, -0.25) is 0 Å². The fourth-order valence-corrected chi connectivity index (χ4v) is 2.75. The van der Waals surface area contributed by atoms with E-state index in [4.69, 9.17) is 4.42 Å². The van der Waals surface area contributed by atoms with Gasteiger partial charge in [-0.05, 0) is 43.2 Å². The summed E-state index contributed by atoms with van der Waals surface area (Å²) in [6.45, 7) is 1.78. The molecule has 3 rings (SSSR count). The normalized spacial score (nSPS) is 11.0. The number of phenols is 2. The molecule has 0 bridgehead atoms. The highest BCUT2D eigenvalue weighted by Gasteiger charge is 2.19. The lowest BCUT2D eigenvalue weighted by molar-refractivity contribution is 0.300. The van der Waals surface area contributed by atoms with Crippen LogP contribution in [0.5, 0.6) is 11.5 Å². The first kappa shape index (κ1) is 15.1. The molecule has 3 N–H and O–H groups in total. The Hall–Kier alpha value is -2.79. The van der Waals surface area contributed by atoms with E-state index < -0.39 is 5.63 Å². The summed E-state index contributed by atoms with van der Waals surface area (Å²) in [4.78, 5) is 12.4. The van der Waals surface area contributed by atoms with E-state index >= 15 is 0 Å². The zero-order valence-electron chi connectivity index (χ0n) is 12.5. The van der Waals surface area contributed by atoms with E-state index in [1.807, 2.05) is 19.1 Å². The molecule has 0 saturated carbocycles. The van der Waals surface area contributed by atoms with Crippen molar-refractivity contribution in [1.29, 1.82) is 0 Å². The lowest BCUT2D eigenvalue weighted by Crippen LogP contribution is -2.09. The summed E-state index contributed by atoms with van der Waals surface area (Å²) in [7, 11) is 0. The molecular weight excluding hydrogens is 296 g/mol. The van der Waals surface area contributed by atoms with Crippen LogP contribution in [0.25, 0.3) is 22.1 Å². The summed E-state index contributed by atoms with van der Waals surface area (Å²) in [5.41, 5.74) is 1.92. The van der Waals surface area contributed by atoms with Crippen LogP contribution < -0.4 is 5.63 Å². The number of aromatic hydroxyl groups is 2. The molecule has 23 heavy (non-hydrogen) atoms. The van der Waals surface area contributed by atoms with E-state index in [1.54, 1.807) is 6.07 Å². The largest absolute Gasteiger partial charge is 0.508 e. The maximum Gasteiger partial charge on any atom is 0.344 e. The third-order valence-corrected chi connectivity index (χ3v) is 3.78. The molecule has 0 atom stereocenters. The molecule has 0 fully saturated rings. The molecule has 0 unspecified atom stereocenters. The molecule has 0 aliphatic rings. The summed E-state index contributed by atoms with van der Waals surface area (Å²) in [5, 5.41) is 29.6. The number of aliphatic hydroxyl groups is 1. The van der Waals surface area contributed by atoms with Gasteiger partial charge in [-0.1, -0.05) is 11.6 Å². The van der Waals surface area contributed by atoms with Crippen molar-refractivity contribution < 1.29 is 19.7 Å². The van der Waals surface area contributed by atoms with E-state index in [2.05, 4.69) is 0 Å². The average Bonchev–Trinajstić information content (AvgIpc) is 2.50. The lowest BCUT2D eigenvalue weighted by Gasteiger charge is -2.12. The molecule has 2 aromatic carbocycles. The van der Waals surface area contributed by atoms with Crippen molar-refractivity contribution in [3.63, 3.8) is 0 Å². The zero-order chi connectivity index (χ0) is 16.6. The number of phenolic OH excluding ortho intramolecular Hbond substituents is 2. The summed E-state index contributed by atoms with van der Waals surface area (Å²) in [6, 6.07) is 9.44. The fraction of sp³-hybridized carbons (Fsp3) is 0.167. The number of hydrogen-bond donors (Lipinski definition) is 3. The van der Waals surface area contributed by atoms with Crippen LogP contribution in [0.1, 0.15) is 11.1 Å². The quantitative estimate of drug-likeness (QED) is 0.647. The molecule has 1 aromatic heterocycles. The van der Waals surface area contributed by atoms with Gasteiger partial charge in [0.05, 0.1) is 5.56 Å². The first-order chi connectivity index (χ1) is 11.0. The van der Waals surface area contributed by atoms with Crippen LogP contribution in [0, 0.1) is 6.92 Å². The molecule has 0 aliphatic heterocycles. The second kappa shape index (κ2) is 5.78. The minimum Gasteiger partial charge on any atom is -0.508 e. The van der Waals surface area contributed by atoms with Gasteiger partial charge < -0.3 is 19.7 Å². The van der Waals surface area contributed by atoms with Crippen molar-refractivity contribution in [2.45, 2.75) is 13.3 Å². The van der Waals surface area contributed by atoms with Crippen LogP contribution in [0.15, 0.2) is 45.6 Å². The number of aliphatic hydroxyl groups excluding tert-OH is 1. The highest BCUT2D eigenvalue weighted by Crippen LogP contribution is 2.35. The minimum absolute atomic E-state index is 0.101. The Morgan fingerprint density at radius 1 is 1.09 bits per heavy atom. The molecule has 118 valence electrons. The Labute approximate surface area is 132 Å². The van der Waals surface area contributed by atoms with Gasteiger partial charge in [0.25, 0.3) is 0 Å². The molecule has 0 spiro atoms. The predicted molar refractivity (Wildman–Crippen MR) is 86.8 cm³/mol. The summed E-state index contributed by atoms with van der Waals surface area (Å²) in [6.07, 6.45) is 0.251. The van der Waals surface area contributed by atoms with Crippen LogP contribution in [0.3, 0.4) is 0 Å². The monoisotopic (exact) mass is 312 g/mol. The molecule has 0 radical (unpaired) electrons. The van der Waals surface area contributed by atoms with Crippen LogP contribution in [0.2, 0.25) is 0 Å². The molecule has 0 saturated heterocycles. The van der Waals surface area contributed by atoms with Crippen LogP contribution in [-0.2, 0) is 6.42 Å². The maximum atomic E-state index is 12.4. The number of aryl methyl sites for hydroxylation is 1. The van der Waals surface area contributed by atoms with Crippen molar-refractivity contribution in [2.24, 2.45) is 0 Å². The Morgan fingerprint density at radius 3 is 2.57 bits per heavy atom. The Kier molecular flexibility index (Phi) is 3.80. The summed E-state index contributed by atoms with van der Waals surface area (Å²) in [5.74, 6) is -0.320. The lowest BCUT2D eigenvalue weighted by atomic mass is 9.95. The van der Waals surface area contributed by atoms with E-state index in [0.717, 1.165) is 17.0 Å². The van der Waals surface area contributed by atoms with Crippen molar-refractivity contribution in [2.75, 3.05) is 6.61 Å². The first-order valence-electron chi connectivity index (χ1n) is 7.21. The maximum absolute atomic E-state index is 12.4. The van der Waals surface area contributed by atoms with Gasteiger partial charge in [-0.25, -0.2) is 4.79 Å². The molecular formula is C18H16O5. The predicted octanol–water partition coefficient (Wildman–Crippen LogP) is 2.71. The molecule has 3 aromatic rings. The second-order valence-corrected chi connectivity index (χ2v) is 5.42. The average molecular weight is 312 g/mol. The molecule has 0 aliphatic carbocycles. The highest BCUT2D eigenvalue weighted by molar-refractivity contribution is 5.88. The van der Waals surface area contributed by atoms with Gasteiger partial charge in [0.1, 0.15) is 17.1 Å². The third kappa shape index (κ3) is 2.66. The molecule has 1 heterocycles. The first-order valence-corrected chi connectivity index (χ1v) is 7.21. The summed E-state index contributed by atoms with van der Waals surface area (Å²) >= 11 is 0. The highest BCUT2D eigenvalue weighted by atomic mass is 16.4. The van der Waals surface area contributed by atoms with Crippen molar-refractivity contribution >= 4 is 11.0 Å². The minimum atomic E-state index is -0.592. The Balaban J connectivity index is 2.41. The number of fused-ring (bicyclic) bond motifs is 1. The van der Waals surface area contributed by atoms with Gasteiger partial charge in [-0.2, -0.15) is 0 Å². The number of benzene rings is 2. The fourth-order valence-electron chi connectivity index (χ4n) is 2.75. The Bertz CT molecular complexity index is 940. The van der Waals surface area contributed by atoms with Gasteiger partial charge >= 0.3 is 5.63 Å². The molecule has 0 amide bonds. The standard InChI is InChI=1S/C18H16O5/c1-10-2-5-16-14(8-10)12(6-7-19)17(18(22)23-16)13-4-3-11(20)9-15(13)21/h2-5,8-9,19-21H,6-7H2,1H3. The Morgan fingerprint density at radius 2 is 1.87 bits per heavy atom. The summed E-state index contributed by atoms with van der Waals surface area (Å²) < 4.78 is 5.36. The van der Waals surface area contributed by atoms with Crippen LogP contribution in [-0.4, -0.2) is 21.9 Å². The topological polar surface area (TPSA) is 90.9 Å². The van der Waals surface area contributed by atoms with Crippen molar-refractivity contribution in [3.05, 3.63) is 57.9 Å². The van der Waals surface area contributed by atoms with Gasteiger partial charge in [-0.15, -0.1) is 0 Å². The van der Waals surface area contributed by atoms with Crippen LogP contribution >= 0.6 is 0 Å². The zero-order valence-corrected chi connectivity index (χ0v) is 12.5. The third-order valence-electron chi connectivity index (χ3n) is 3.78. The van der Waals surface area contributed by atoms with Crippen molar-refractivity contribution in [3.8, 4) is 22.6 Å². The smallest absolute Gasteiger partial charge is 0.344 e. The van der Waals surface area contributed by atoms with E-state index in [0.29, 0.717) is 11.1 Å². The van der Waals surface area contributed by atoms with Crippen molar-refractivity contribution in [1.82, 2.24) is 0 Å². The van der Waals surface area contributed by atoms with E-state index in [1.165, 1.54) is 12.1 Å². The van der Waals surface area contributed by atoms with E-state index in [9.17, 15) is 20.1 Å². The van der Waals surface area contributed by atoms with Crippen LogP contribution in [0.4, 0.5) is 0 Å². The number of hydrogen-bond acceptors (Lipinski definition) is 5. The van der Waals surface area contributed by atoms with Gasteiger partial charge in [0.2, 0.25) is 0 Å².